The van der Waals surface area contributed by atoms with E-state index in [0.717, 1.165) is 42.4 Å². The molecule has 12 heteroatoms. The number of phenols is 1. The van der Waals surface area contributed by atoms with E-state index < -0.39 is 35.7 Å². The molecule has 1 aromatic rings. The van der Waals surface area contributed by atoms with Crippen molar-refractivity contribution >= 4 is 29.3 Å². The lowest BCUT2D eigenvalue weighted by Gasteiger charge is -2.25. The molecule has 0 saturated heterocycles. The van der Waals surface area contributed by atoms with E-state index in [4.69, 9.17) is 28.7 Å². The highest BCUT2D eigenvalue weighted by atomic mass is 16.3. The number of aromatic hydroxyl groups is 1. The first-order valence-electron chi connectivity index (χ1n) is 15.8. The molecule has 1 aliphatic rings. The first-order chi connectivity index (χ1) is 20.8. The Hall–Kier alpha value is -3.51. The van der Waals surface area contributed by atoms with Crippen LogP contribution in [0.25, 0.3) is 0 Å². The number of primary amides is 1. The lowest BCUT2D eigenvalue weighted by atomic mass is 9.85. The molecule has 0 spiro atoms. The van der Waals surface area contributed by atoms with Gasteiger partial charge in [0.15, 0.2) is 11.7 Å². The van der Waals surface area contributed by atoms with Crippen molar-refractivity contribution in [3.63, 3.8) is 0 Å². The molecule has 0 heterocycles. The quantitative estimate of drug-likeness (QED) is 0.0635. The number of aryl methyl sites for hydroxylation is 2. The maximum absolute atomic E-state index is 13.8. The number of guanidine groups is 1. The molecule has 0 unspecified atom stereocenters. The number of hydrogen-bond donors (Lipinski definition) is 7. The predicted octanol–water partition coefficient (Wildman–Crippen LogP) is 1.37. The number of Topliss-reactive ketones (excluding diaryl/α,β-unsaturated/α-hetero) is 2. The zero-order valence-electron chi connectivity index (χ0n) is 26.4. The van der Waals surface area contributed by atoms with Crippen LogP contribution in [0.2, 0.25) is 0 Å². The van der Waals surface area contributed by atoms with Gasteiger partial charge in [-0.15, -0.1) is 0 Å². The van der Waals surface area contributed by atoms with Gasteiger partial charge in [0.1, 0.15) is 11.5 Å². The van der Waals surface area contributed by atoms with Gasteiger partial charge >= 0.3 is 0 Å². The largest absolute Gasteiger partial charge is 0.508 e. The van der Waals surface area contributed by atoms with Crippen LogP contribution in [-0.4, -0.2) is 59.6 Å². The van der Waals surface area contributed by atoms with Gasteiger partial charge in [-0.2, -0.15) is 0 Å². The van der Waals surface area contributed by atoms with Gasteiger partial charge in [-0.25, -0.2) is 0 Å². The van der Waals surface area contributed by atoms with Crippen LogP contribution >= 0.6 is 0 Å². The molecule has 1 aliphatic carbocycles. The first-order valence-corrected chi connectivity index (χ1v) is 15.8. The van der Waals surface area contributed by atoms with Crippen molar-refractivity contribution < 1.29 is 24.3 Å². The average Bonchev–Trinajstić information content (AvgIpc) is 3.46. The Morgan fingerprint density at radius 2 is 1.57 bits per heavy atom. The van der Waals surface area contributed by atoms with Crippen LogP contribution in [0.3, 0.4) is 0 Å². The standard InChI is InChI=1S/C32H53N7O5/c1-19-13-24(40)14-20(2)25(19)16-23(18-28(41)26(34)9-6-12-38-32(36)37)31(44)39-27(10-5-11-33)29(42)17-22(30(35)43)15-21-7-3-4-8-21/h13-14,21-23,26-27,40H,3-12,15-18,33-34H2,1-2H3,(H2,35,43)(H,39,44)(H4,36,37,38)/t22-,23-,26-,27+/m1/s1. The number of carbonyl (C=O) groups excluding carboxylic acids is 4. The summed E-state index contributed by atoms with van der Waals surface area (Å²) in [7, 11) is 0. The van der Waals surface area contributed by atoms with Gasteiger partial charge in [0.05, 0.1) is 12.1 Å². The minimum absolute atomic E-state index is 0.0410. The third kappa shape index (κ3) is 12.2. The highest BCUT2D eigenvalue weighted by Crippen LogP contribution is 2.32. The van der Waals surface area contributed by atoms with Crippen LogP contribution in [0.4, 0.5) is 0 Å². The van der Waals surface area contributed by atoms with E-state index in [1.807, 2.05) is 13.8 Å². The lowest BCUT2D eigenvalue weighted by molar-refractivity contribution is -0.134. The van der Waals surface area contributed by atoms with Crippen LogP contribution in [0.1, 0.15) is 87.3 Å². The van der Waals surface area contributed by atoms with Crippen molar-refractivity contribution in [3.8, 4) is 5.75 Å². The third-order valence-electron chi connectivity index (χ3n) is 8.68. The van der Waals surface area contributed by atoms with E-state index in [1.165, 1.54) is 0 Å². The van der Waals surface area contributed by atoms with Gasteiger partial charge in [-0.05, 0) is 93.7 Å². The number of aliphatic imine (C=N–C) groups is 1. The molecule has 2 amide bonds. The van der Waals surface area contributed by atoms with Crippen LogP contribution < -0.4 is 34.0 Å². The Labute approximate surface area is 260 Å². The molecule has 0 bridgehead atoms. The van der Waals surface area contributed by atoms with Gasteiger partial charge in [-0.1, -0.05) is 25.7 Å². The number of nitrogens with two attached hydrogens (primary N) is 5. The Balaban J connectivity index is 2.25. The summed E-state index contributed by atoms with van der Waals surface area (Å²) in [5.41, 5.74) is 30.7. The molecule has 1 fully saturated rings. The number of benzene rings is 1. The fourth-order valence-electron chi connectivity index (χ4n) is 6.13. The molecule has 0 aliphatic heterocycles. The summed E-state index contributed by atoms with van der Waals surface area (Å²) in [5, 5.41) is 12.9. The predicted molar refractivity (Wildman–Crippen MR) is 171 cm³/mol. The summed E-state index contributed by atoms with van der Waals surface area (Å²) in [5.74, 6) is -2.52. The van der Waals surface area contributed by atoms with E-state index in [0.29, 0.717) is 51.1 Å². The van der Waals surface area contributed by atoms with Gasteiger partial charge in [0, 0.05) is 31.2 Å². The van der Waals surface area contributed by atoms with Crippen molar-refractivity contribution in [2.24, 2.45) is 51.4 Å². The molecule has 0 radical (unpaired) electrons. The molecule has 1 saturated carbocycles. The van der Waals surface area contributed by atoms with Gasteiger partial charge in [0.25, 0.3) is 0 Å². The van der Waals surface area contributed by atoms with Crippen LogP contribution in [0.5, 0.6) is 5.75 Å². The van der Waals surface area contributed by atoms with Gasteiger partial charge in [0.2, 0.25) is 11.8 Å². The van der Waals surface area contributed by atoms with Crippen LogP contribution in [0.15, 0.2) is 17.1 Å². The number of ketones is 2. The molecule has 0 aromatic heterocycles. The smallest absolute Gasteiger partial charge is 0.224 e. The molecule has 246 valence electrons. The Morgan fingerprint density at radius 3 is 2.14 bits per heavy atom. The Kier molecular flexibility index (Phi) is 15.3. The summed E-state index contributed by atoms with van der Waals surface area (Å²) >= 11 is 0. The molecular formula is C32H53N7O5. The number of rotatable bonds is 20. The fraction of sp³-hybridized carbons (Fsp3) is 0.656. The second-order valence-electron chi connectivity index (χ2n) is 12.3. The number of nitrogens with zero attached hydrogens (tertiary/aromatic N) is 1. The highest BCUT2D eigenvalue weighted by Gasteiger charge is 2.32. The molecule has 2 rings (SSSR count). The Bertz CT molecular complexity index is 1140. The molecule has 1 aromatic carbocycles. The van der Waals surface area contributed by atoms with Gasteiger partial charge < -0.3 is 39.1 Å². The number of nitrogens with one attached hydrogen (secondary N) is 1. The minimum atomic E-state index is -0.871. The van der Waals surface area contributed by atoms with E-state index in [-0.39, 0.29) is 42.5 Å². The first kappa shape index (κ1) is 36.7. The SMILES string of the molecule is Cc1cc(O)cc(C)c1C[C@H](CC(=O)[C@H](N)CCCN=C(N)N)C(=O)N[C@@H](CCCN)C(=O)C[C@@H](CC1CCCC1)C(N)=O. The van der Waals surface area contributed by atoms with E-state index in [9.17, 15) is 24.3 Å². The van der Waals surface area contributed by atoms with E-state index >= 15 is 0 Å². The number of phenolic OH excluding ortho intramolecular Hbond substituents is 1. The zero-order valence-corrected chi connectivity index (χ0v) is 26.4. The summed E-state index contributed by atoms with van der Waals surface area (Å²) in [6, 6.07) is 1.53. The van der Waals surface area contributed by atoms with Crippen LogP contribution in [0, 0.1) is 31.6 Å². The summed E-state index contributed by atoms with van der Waals surface area (Å²) < 4.78 is 0. The van der Waals surface area contributed by atoms with Crippen LogP contribution in [-0.2, 0) is 25.6 Å². The third-order valence-corrected chi connectivity index (χ3v) is 8.68. The lowest BCUT2D eigenvalue weighted by Crippen LogP contribution is -2.46. The maximum Gasteiger partial charge on any atom is 0.224 e. The molecular weight excluding hydrogens is 562 g/mol. The average molecular weight is 616 g/mol. The Morgan fingerprint density at radius 1 is 0.955 bits per heavy atom. The summed E-state index contributed by atoms with van der Waals surface area (Å²) in [4.78, 5) is 56.7. The fourth-order valence-corrected chi connectivity index (χ4v) is 6.13. The van der Waals surface area contributed by atoms with E-state index in [2.05, 4.69) is 10.3 Å². The summed E-state index contributed by atoms with van der Waals surface area (Å²) in [6.45, 7) is 4.31. The van der Waals surface area contributed by atoms with Crippen molar-refractivity contribution in [3.05, 3.63) is 28.8 Å². The number of carbonyl (C=O) groups is 4. The molecule has 12 nitrogen and oxygen atoms in total. The topological polar surface area (TPSA) is 243 Å². The normalized spacial score (nSPS) is 16.1. The molecule has 12 N–H and O–H groups in total. The van der Waals surface area contributed by atoms with Crippen molar-refractivity contribution in [1.82, 2.24) is 5.32 Å². The maximum atomic E-state index is 13.8. The molecule has 4 atom stereocenters. The van der Waals surface area contributed by atoms with Gasteiger partial charge in [-0.3, -0.25) is 24.2 Å². The zero-order chi connectivity index (χ0) is 32.8. The molecule has 44 heavy (non-hydrogen) atoms. The van der Waals surface area contributed by atoms with Crippen molar-refractivity contribution in [2.75, 3.05) is 13.1 Å². The number of hydrogen-bond acceptors (Lipinski definition) is 8. The minimum Gasteiger partial charge on any atom is -0.508 e. The number of amides is 2. The summed E-state index contributed by atoms with van der Waals surface area (Å²) in [6.07, 6.45) is 6.47. The highest BCUT2D eigenvalue weighted by molar-refractivity contribution is 5.94. The second kappa shape index (κ2) is 18.3. The second-order valence-corrected chi connectivity index (χ2v) is 12.3. The van der Waals surface area contributed by atoms with Crippen molar-refractivity contribution in [1.29, 1.82) is 0 Å². The van der Waals surface area contributed by atoms with Crippen molar-refractivity contribution in [2.45, 2.75) is 103 Å². The van der Waals surface area contributed by atoms with E-state index in [1.54, 1.807) is 12.1 Å². The monoisotopic (exact) mass is 615 g/mol.